The molecule has 0 atom stereocenters. The highest BCUT2D eigenvalue weighted by atomic mass is 14.8. The molecule has 0 saturated heterocycles. The van der Waals surface area contributed by atoms with E-state index in [9.17, 15) is 0 Å². The van der Waals surface area contributed by atoms with Gasteiger partial charge in [-0.15, -0.1) is 0 Å². The summed E-state index contributed by atoms with van der Waals surface area (Å²) in [6.07, 6.45) is 1.80. The van der Waals surface area contributed by atoms with Crippen LogP contribution in [0.4, 0.5) is 0 Å². The highest BCUT2D eigenvalue weighted by molar-refractivity contribution is 6.25. The van der Waals surface area contributed by atoms with Crippen LogP contribution in [0.5, 0.6) is 0 Å². The van der Waals surface area contributed by atoms with Gasteiger partial charge in [-0.2, -0.15) is 0 Å². The van der Waals surface area contributed by atoms with E-state index in [0.29, 0.717) is 0 Å². The molecule has 0 unspecified atom stereocenters. The predicted octanol–water partition coefficient (Wildman–Crippen LogP) is 10.1. The topological polar surface area (TPSA) is 38.7 Å². The van der Waals surface area contributed by atoms with Crippen molar-refractivity contribution in [2.75, 3.05) is 0 Å². The molecule has 0 amide bonds. The summed E-state index contributed by atoms with van der Waals surface area (Å²) in [5.41, 5.74) is 7.91. The summed E-state index contributed by atoms with van der Waals surface area (Å²) in [6.45, 7) is 0. The van der Waals surface area contributed by atoms with Crippen molar-refractivity contribution in [3.8, 4) is 33.8 Å². The van der Waals surface area contributed by atoms with Crippen molar-refractivity contribution in [3.05, 3.63) is 140 Å². The van der Waals surface area contributed by atoms with Gasteiger partial charge in [-0.25, -0.2) is 9.97 Å². The molecule has 3 heterocycles. The molecule has 0 bridgehead atoms. The molecule has 0 aliphatic heterocycles. The number of fused-ring (bicyclic) bond motifs is 3. The standard InChI is InChI=1S/C39H23N3/c1-2-22-40-34(9-1)35-21-17-28-13-12-27-16-20-33(41-38(27)39(28)42-35)30-8-4-7-29(23-30)31-18-14-26-11-10-24-5-3-6-25-15-19-32(31)37(26)36(24)25/h1-23H. The normalized spacial score (nSPS) is 11.8. The third kappa shape index (κ3) is 3.50. The van der Waals surface area contributed by atoms with Crippen molar-refractivity contribution >= 4 is 54.1 Å². The van der Waals surface area contributed by atoms with Gasteiger partial charge in [0.15, 0.2) is 0 Å². The summed E-state index contributed by atoms with van der Waals surface area (Å²) in [4.78, 5) is 14.7. The molecule has 3 nitrogen and oxygen atoms in total. The van der Waals surface area contributed by atoms with Crippen molar-refractivity contribution in [2.45, 2.75) is 0 Å². The molecule has 0 saturated carbocycles. The monoisotopic (exact) mass is 533 g/mol. The second kappa shape index (κ2) is 8.92. The molecule has 0 aliphatic rings. The van der Waals surface area contributed by atoms with Gasteiger partial charge in [0.2, 0.25) is 0 Å². The number of benzene rings is 6. The molecule has 0 fully saturated rings. The molecule has 0 spiro atoms. The first kappa shape index (κ1) is 23.1. The van der Waals surface area contributed by atoms with E-state index >= 15 is 0 Å². The van der Waals surface area contributed by atoms with E-state index in [2.05, 4.69) is 114 Å². The van der Waals surface area contributed by atoms with E-state index < -0.39 is 0 Å². The quantitative estimate of drug-likeness (QED) is 0.212. The summed E-state index contributed by atoms with van der Waals surface area (Å²) in [5, 5.41) is 9.92. The van der Waals surface area contributed by atoms with E-state index in [-0.39, 0.29) is 0 Å². The number of hydrogen-bond acceptors (Lipinski definition) is 3. The van der Waals surface area contributed by atoms with Gasteiger partial charge in [0, 0.05) is 22.5 Å². The van der Waals surface area contributed by atoms with Crippen molar-refractivity contribution in [1.82, 2.24) is 15.0 Å². The Labute approximate surface area is 242 Å². The van der Waals surface area contributed by atoms with E-state index in [1.807, 2.05) is 24.3 Å². The third-order valence-electron chi connectivity index (χ3n) is 8.44. The number of rotatable bonds is 3. The van der Waals surface area contributed by atoms with Crippen LogP contribution in [0.1, 0.15) is 0 Å². The molecule has 0 radical (unpaired) electrons. The zero-order valence-corrected chi connectivity index (χ0v) is 22.6. The lowest BCUT2D eigenvalue weighted by atomic mass is 9.89. The first-order chi connectivity index (χ1) is 20.8. The molecule has 194 valence electrons. The third-order valence-corrected chi connectivity index (χ3v) is 8.44. The zero-order chi connectivity index (χ0) is 27.6. The minimum Gasteiger partial charge on any atom is -0.255 e. The fourth-order valence-electron chi connectivity index (χ4n) is 6.42. The van der Waals surface area contributed by atoms with Crippen LogP contribution in [0.3, 0.4) is 0 Å². The van der Waals surface area contributed by atoms with Crippen molar-refractivity contribution < 1.29 is 0 Å². The summed E-state index contributed by atoms with van der Waals surface area (Å²) in [5.74, 6) is 0. The van der Waals surface area contributed by atoms with Gasteiger partial charge in [-0.3, -0.25) is 4.98 Å². The fourth-order valence-corrected chi connectivity index (χ4v) is 6.42. The summed E-state index contributed by atoms with van der Waals surface area (Å²) in [7, 11) is 0. The smallest absolute Gasteiger partial charge is 0.0973 e. The van der Waals surface area contributed by atoms with E-state index in [4.69, 9.17) is 9.97 Å². The average Bonchev–Trinajstić information content (AvgIpc) is 3.07. The molecule has 3 aromatic heterocycles. The lowest BCUT2D eigenvalue weighted by molar-refractivity contribution is 1.27. The molecule has 9 aromatic rings. The number of nitrogens with zero attached hydrogens (tertiary/aromatic N) is 3. The Morgan fingerprint density at radius 2 is 1.00 bits per heavy atom. The molecular weight excluding hydrogens is 510 g/mol. The first-order valence-electron chi connectivity index (χ1n) is 14.2. The molecule has 42 heavy (non-hydrogen) atoms. The second-order valence-corrected chi connectivity index (χ2v) is 10.9. The van der Waals surface area contributed by atoms with E-state index in [1.165, 1.54) is 43.4 Å². The van der Waals surface area contributed by atoms with Gasteiger partial charge in [0.25, 0.3) is 0 Å². The van der Waals surface area contributed by atoms with E-state index in [0.717, 1.165) is 44.5 Å². The molecule has 6 aromatic carbocycles. The molecule has 0 N–H and O–H groups in total. The zero-order valence-electron chi connectivity index (χ0n) is 22.6. The Balaban J connectivity index is 1.21. The Kier molecular flexibility index (Phi) is 4.90. The van der Waals surface area contributed by atoms with Gasteiger partial charge in [0.1, 0.15) is 0 Å². The Morgan fingerprint density at radius 3 is 1.79 bits per heavy atom. The SMILES string of the molecule is c1ccc(-c2ccc3ccc4ccc(-c5cccc(-c6ccc7ccc8cccc9ccc6c7c89)c5)nc4c3n2)nc1. The van der Waals surface area contributed by atoms with Gasteiger partial charge in [-0.05, 0) is 73.8 Å². The highest BCUT2D eigenvalue weighted by Gasteiger charge is 2.14. The van der Waals surface area contributed by atoms with Crippen molar-refractivity contribution in [2.24, 2.45) is 0 Å². The molecular formula is C39H23N3. The maximum Gasteiger partial charge on any atom is 0.0973 e. The maximum atomic E-state index is 5.19. The fraction of sp³-hybridized carbons (Fsp3) is 0. The molecule has 9 rings (SSSR count). The van der Waals surface area contributed by atoms with E-state index in [1.54, 1.807) is 6.20 Å². The Morgan fingerprint density at radius 1 is 0.381 bits per heavy atom. The Hall–Kier alpha value is -5.67. The number of aromatic nitrogens is 3. The van der Waals surface area contributed by atoms with Gasteiger partial charge < -0.3 is 0 Å². The minimum atomic E-state index is 0.846. The van der Waals surface area contributed by atoms with Crippen LogP contribution < -0.4 is 0 Å². The van der Waals surface area contributed by atoms with Gasteiger partial charge in [0.05, 0.1) is 28.1 Å². The van der Waals surface area contributed by atoms with Crippen LogP contribution in [0.15, 0.2) is 140 Å². The number of pyridine rings is 3. The predicted molar refractivity (Wildman–Crippen MR) is 175 cm³/mol. The van der Waals surface area contributed by atoms with Crippen LogP contribution in [-0.4, -0.2) is 15.0 Å². The highest BCUT2D eigenvalue weighted by Crippen LogP contribution is 2.40. The summed E-state index contributed by atoms with van der Waals surface area (Å²) < 4.78 is 0. The summed E-state index contributed by atoms with van der Waals surface area (Å²) >= 11 is 0. The van der Waals surface area contributed by atoms with Crippen molar-refractivity contribution in [3.63, 3.8) is 0 Å². The van der Waals surface area contributed by atoms with Crippen LogP contribution in [-0.2, 0) is 0 Å². The lowest BCUT2D eigenvalue weighted by Crippen LogP contribution is -1.92. The van der Waals surface area contributed by atoms with Crippen LogP contribution in [0.2, 0.25) is 0 Å². The number of hydrogen-bond donors (Lipinski definition) is 0. The average molecular weight is 534 g/mol. The first-order valence-corrected chi connectivity index (χ1v) is 14.2. The molecule has 0 aliphatic carbocycles. The van der Waals surface area contributed by atoms with Gasteiger partial charge in [-0.1, -0.05) is 103 Å². The largest absolute Gasteiger partial charge is 0.255 e. The molecule has 3 heteroatoms. The minimum absolute atomic E-state index is 0.846. The Bertz CT molecular complexity index is 2450. The van der Waals surface area contributed by atoms with Crippen molar-refractivity contribution in [1.29, 1.82) is 0 Å². The van der Waals surface area contributed by atoms with Gasteiger partial charge >= 0.3 is 0 Å². The summed E-state index contributed by atoms with van der Waals surface area (Å²) in [6, 6.07) is 47.3. The van der Waals surface area contributed by atoms with Crippen LogP contribution in [0, 0.1) is 0 Å². The second-order valence-electron chi connectivity index (χ2n) is 10.9. The lowest BCUT2D eigenvalue weighted by Gasteiger charge is -2.15. The van der Waals surface area contributed by atoms with Crippen LogP contribution in [0.25, 0.3) is 87.9 Å². The maximum absolute atomic E-state index is 5.19. The van der Waals surface area contributed by atoms with Crippen LogP contribution >= 0.6 is 0 Å².